The molecule has 1 heterocycles. The van der Waals surface area contributed by atoms with Gasteiger partial charge in [0.25, 0.3) is 0 Å². The van der Waals surface area contributed by atoms with Crippen LogP contribution in [-0.2, 0) is 6.54 Å². The second-order valence-corrected chi connectivity index (χ2v) is 4.55. The first kappa shape index (κ1) is 12.6. The second-order valence-electron chi connectivity index (χ2n) is 4.55. The Labute approximate surface area is 95.9 Å². The molecule has 0 atom stereocenters. The summed E-state index contributed by atoms with van der Waals surface area (Å²) in [7, 11) is 0. The molecule has 1 aromatic rings. The monoisotopic (exact) mass is 219 g/mol. The number of hydrogen-bond acceptors (Lipinski definition) is 4. The largest absolute Gasteiger partial charge is 0.396 e. The summed E-state index contributed by atoms with van der Waals surface area (Å²) in [5.41, 5.74) is 1.20. The van der Waals surface area contributed by atoms with E-state index in [9.17, 15) is 0 Å². The Hall–Kier alpha value is -1.44. The number of nitrogens with zero attached hydrogens (tertiary/aromatic N) is 2. The summed E-state index contributed by atoms with van der Waals surface area (Å²) in [5, 5.41) is 21.1. The van der Waals surface area contributed by atoms with E-state index in [1.54, 1.807) is 6.20 Å². The molecule has 0 radical (unpaired) electrons. The lowest BCUT2D eigenvalue weighted by Crippen LogP contribution is -2.32. The molecular formula is C12H17N3O. The van der Waals surface area contributed by atoms with Crippen molar-refractivity contribution in [2.24, 2.45) is 5.41 Å². The lowest BCUT2D eigenvalue weighted by atomic mass is 9.95. The zero-order valence-corrected chi connectivity index (χ0v) is 9.70. The van der Waals surface area contributed by atoms with E-state index in [0.717, 1.165) is 5.56 Å². The van der Waals surface area contributed by atoms with Crippen LogP contribution in [0.1, 0.15) is 25.1 Å². The van der Waals surface area contributed by atoms with Crippen LogP contribution in [0.15, 0.2) is 18.3 Å². The predicted molar refractivity (Wildman–Crippen MR) is 61.5 cm³/mol. The van der Waals surface area contributed by atoms with Crippen molar-refractivity contribution in [1.29, 1.82) is 5.26 Å². The number of pyridine rings is 1. The van der Waals surface area contributed by atoms with Crippen LogP contribution >= 0.6 is 0 Å². The Balaban J connectivity index is 2.53. The third-order valence-corrected chi connectivity index (χ3v) is 2.34. The second kappa shape index (κ2) is 5.59. The molecule has 16 heavy (non-hydrogen) atoms. The third kappa shape index (κ3) is 3.61. The summed E-state index contributed by atoms with van der Waals surface area (Å²) >= 11 is 0. The molecule has 0 aliphatic heterocycles. The van der Waals surface area contributed by atoms with E-state index in [0.29, 0.717) is 18.8 Å². The van der Waals surface area contributed by atoms with E-state index < -0.39 is 0 Å². The fraction of sp³-hybridized carbons (Fsp3) is 0.500. The zero-order chi connectivity index (χ0) is 12.0. The van der Waals surface area contributed by atoms with Crippen molar-refractivity contribution >= 4 is 0 Å². The minimum atomic E-state index is -0.144. The molecule has 0 unspecified atom stereocenters. The lowest BCUT2D eigenvalue weighted by Gasteiger charge is -2.21. The van der Waals surface area contributed by atoms with Crippen LogP contribution in [0.5, 0.6) is 0 Å². The van der Waals surface area contributed by atoms with Gasteiger partial charge < -0.3 is 10.4 Å². The average Bonchev–Trinajstić information content (AvgIpc) is 2.29. The maximum Gasteiger partial charge on any atom is 0.144 e. The molecule has 1 rings (SSSR count). The molecule has 0 spiro atoms. The number of nitrogens with one attached hydrogen (secondary N) is 1. The van der Waals surface area contributed by atoms with Gasteiger partial charge in [-0.15, -0.1) is 0 Å². The number of nitriles is 1. The summed E-state index contributed by atoms with van der Waals surface area (Å²) in [6.07, 6.45) is 1.61. The first-order valence-corrected chi connectivity index (χ1v) is 5.24. The van der Waals surface area contributed by atoms with Crippen molar-refractivity contribution in [3.63, 3.8) is 0 Å². The molecule has 4 nitrogen and oxygen atoms in total. The van der Waals surface area contributed by atoms with Gasteiger partial charge in [-0.1, -0.05) is 19.9 Å². The molecule has 0 saturated carbocycles. The molecule has 86 valence electrons. The van der Waals surface area contributed by atoms with Crippen LogP contribution in [0.3, 0.4) is 0 Å². The van der Waals surface area contributed by atoms with Gasteiger partial charge in [0.1, 0.15) is 11.8 Å². The van der Waals surface area contributed by atoms with Crippen molar-refractivity contribution in [2.45, 2.75) is 20.4 Å². The number of hydrogen-bond donors (Lipinski definition) is 2. The Morgan fingerprint density at radius 3 is 2.94 bits per heavy atom. The molecule has 0 amide bonds. The highest BCUT2D eigenvalue weighted by molar-refractivity contribution is 5.30. The highest BCUT2D eigenvalue weighted by Gasteiger charge is 2.15. The van der Waals surface area contributed by atoms with Gasteiger partial charge in [-0.2, -0.15) is 5.26 Å². The van der Waals surface area contributed by atoms with E-state index >= 15 is 0 Å². The Kier molecular flexibility index (Phi) is 4.41. The number of rotatable bonds is 5. The zero-order valence-electron chi connectivity index (χ0n) is 9.70. The van der Waals surface area contributed by atoms with Crippen LogP contribution in [0, 0.1) is 16.7 Å². The predicted octanol–water partition coefficient (Wildman–Crippen LogP) is 1.06. The van der Waals surface area contributed by atoms with E-state index in [-0.39, 0.29) is 12.0 Å². The van der Waals surface area contributed by atoms with Crippen molar-refractivity contribution in [3.05, 3.63) is 29.6 Å². The number of aromatic nitrogens is 1. The molecule has 0 aromatic carbocycles. The molecule has 0 aliphatic rings. The van der Waals surface area contributed by atoms with Gasteiger partial charge in [-0.05, 0) is 6.07 Å². The summed E-state index contributed by atoms with van der Waals surface area (Å²) < 4.78 is 0. The first-order chi connectivity index (χ1) is 7.59. The quantitative estimate of drug-likeness (QED) is 0.777. The molecule has 4 heteroatoms. The molecule has 1 aromatic heterocycles. The van der Waals surface area contributed by atoms with E-state index in [1.165, 1.54) is 0 Å². The lowest BCUT2D eigenvalue weighted by molar-refractivity contribution is 0.156. The Bertz CT molecular complexity index is 382. The summed E-state index contributed by atoms with van der Waals surface area (Å²) in [6, 6.07) is 5.75. The van der Waals surface area contributed by atoms with Crippen molar-refractivity contribution in [1.82, 2.24) is 10.3 Å². The smallest absolute Gasteiger partial charge is 0.144 e. The van der Waals surface area contributed by atoms with Crippen molar-refractivity contribution in [2.75, 3.05) is 13.2 Å². The van der Waals surface area contributed by atoms with Gasteiger partial charge in [0.2, 0.25) is 0 Å². The van der Waals surface area contributed by atoms with Crippen LogP contribution in [0.4, 0.5) is 0 Å². The van der Waals surface area contributed by atoms with E-state index in [1.807, 2.05) is 26.0 Å². The topological polar surface area (TPSA) is 68.9 Å². The SMILES string of the molecule is CC(C)(CO)CNCc1cccnc1C#N. The van der Waals surface area contributed by atoms with Crippen LogP contribution in [0.2, 0.25) is 0 Å². The van der Waals surface area contributed by atoms with Crippen molar-refractivity contribution < 1.29 is 5.11 Å². The highest BCUT2D eigenvalue weighted by Crippen LogP contribution is 2.12. The molecule has 0 saturated heterocycles. The minimum Gasteiger partial charge on any atom is -0.396 e. The van der Waals surface area contributed by atoms with Gasteiger partial charge in [0.15, 0.2) is 0 Å². The summed E-state index contributed by atoms with van der Waals surface area (Å²) in [6.45, 7) is 5.39. The normalized spacial score (nSPS) is 11.1. The van der Waals surface area contributed by atoms with E-state index in [2.05, 4.69) is 16.4 Å². The summed E-state index contributed by atoms with van der Waals surface area (Å²) in [5.74, 6) is 0. The standard InChI is InChI=1S/C12H17N3O/c1-12(2,9-16)8-14-7-10-4-3-5-15-11(10)6-13/h3-5,14,16H,7-9H2,1-2H3. The fourth-order valence-electron chi connectivity index (χ4n) is 1.27. The molecular weight excluding hydrogens is 202 g/mol. The van der Waals surface area contributed by atoms with Gasteiger partial charge >= 0.3 is 0 Å². The van der Waals surface area contributed by atoms with Gasteiger partial charge in [-0.3, -0.25) is 0 Å². The van der Waals surface area contributed by atoms with Crippen LogP contribution < -0.4 is 5.32 Å². The highest BCUT2D eigenvalue weighted by atomic mass is 16.3. The minimum absolute atomic E-state index is 0.137. The number of aliphatic hydroxyl groups is 1. The molecule has 0 fully saturated rings. The van der Waals surface area contributed by atoms with Gasteiger partial charge in [0, 0.05) is 36.9 Å². The molecule has 0 bridgehead atoms. The number of aliphatic hydroxyl groups excluding tert-OH is 1. The van der Waals surface area contributed by atoms with Gasteiger partial charge in [0.05, 0.1) is 0 Å². The Morgan fingerprint density at radius 1 is 1.56 bits per heavy atom. The maximum absolute atomic E-state index is 9.09. The van der Waals surface area contributed by atoms with E-state index in [4.69, 9.17) is 10.4 Å². The third-order valence-electron chi connectivity index (χ3n) is 2.34. The maximum atomic E-state index is 9.09. The fourth-order valence-corrected chi connectivity index (χ4v) is 1.27. The first-order valence-electron chi connectivity index (χ1n) is 5.24. The van der Waals surface area contributed by atoms with Crippen LogP contribution in [-0.4, -0.2) is 23.2 Å². The summed E-state index contributed by atoms with van der Waals surface area (Å²) in [4.78, 5) is 3.98. The van der Waals surface area contributed by atoms with Crippen LogP contribution in [0.25, 0.3) is 0 Å². The Morgan fingerprint density at radius 2 is 2.31 bits per heavy atom. The molecule has 0 aliphatic carbocycles. The van der Waals surface area contributed by atoms with Crippen molar-refractivity contribution in [3.8, 4) is 6.07 Å². The van der Waals surface area contributed by atoms with Gasteiger partial charge in [-0.25, -0.2) is 4.98 Å². The molecule has 2 N–H and O–H groups in total. The average molecular weight is 219 g/mol.